The van der Waals surface area contributed by atoms with Crippen molar-refractivity contribution < 1.29 is 9.18 Å². The highest BCUT2D eigenvalue weighted by Gasteiger charge is 2.25. The second-order valence-corrected chi connectivity index (χ2v) is 7.22. The number of halogens is 1. The van der Waals surface area contributed by atoms with Crippen LogP contribution in [-0.2, 0) is 11.8 Å². The number of piperidine rings is 1. The van der Waals surface area contributed by atoms with Gasteiger partial charge in [0.1, 0.15) is 17.7 Å². The Bertz CT molecular complexity index is 739. The van der Waals surface area contributed by atoms with Gasteiger partial charge in [0, 0.05) is 25.9 Å². The van der Waals surface area contributed by atoms with Gasteiger partial charge in [-0.3, -0.25) is 4.79 Å². The molecular weight excluding hydrogens is 331 g/mol. The van der Waals surface area contributed by atoms with E-state index in [1.807, 2.05) is 23.9 Å². The van der Waals surface area contributed by atoms with Crippen molar-refractivity contribution in [1.29, 1.82) is 0 Å². The molecule has 0 aliphatic carbocycles. The molecular formula is C20H27FN4O. The molecule has 1 aromatic carbocycles. The Labute approximate surface area is 154 Å². The SMILES string of the molecule is CC(CC(=O)NC(c1cccc(F)c1)c1nccn1C)C1CCNCC1. The van der Waals surface area contributed by atoms with Gasteiger partial charge in [-0.2, -0.15) is 0 Å². The number of amides is 1. The highest BCUT2D eigenvalue weighted by atomic mass is 19.1. The van der Waals surface area contributed by atoms with E-state index < -0.39 is 6.04 Å². The van der Waals surface area contributed by atoms with Crippen LogP contribution in [0.25, 0.3) is 0 Å². The second kappa shape index (κ2) is 8.45. The van der Waals surface area contributed by atoms with Gasteiger partial charge in [-0.15, -0.1) is 0 Å². The molecule has 1 aliphatic rings. The maximum Gasteiger partial charge on any atom is 0.221 e. The third-order valence-corrected chi connectivity index (χ3v) is 5.30. The second-order valence-electron chi connectivity index (χ2n) is 7.22. The molecule has 5 nitrogen and oxygen atoms in total. The fourth-order valence-corrected chi connectivity index (χ4v) is 3.73. The van der Waals surface area contributed by atoms with E-state index in [-0.39, 0.29) is 11.7 Å². The van der Waals surface area contributed by atoms with Crippen molar-refractivity contribution in [1.82, 2.24) is 20.2 Å². The summed E-state index contributed by atoms with van der Waals surface area (Å²) in [7, 11) is 1.87. The Kier molecular flexibility index (Phi) is 6.04. The number of carbonyl (C=O) groups is 1. The Morgan fingerprint density at radius 1 is 1.42 bits per heavy atom. The van der Waals surface area contributed by atoms with Crippen LogP contribution in [0.1, 0.15) is 43.6 Å². The highest BCUT2D eigenvalue weighted by molar-refractivity contribution is 5.77. The smallest absolute Gasteiger partial charge is 0.221 e. The number of imidazole rings is 1. The summed E-state index contributed by atoms with van der Waals surface area (Å²) in [5.41, 5.74) is 0.696. The summed E-state index contributed by atoms with van der Waals surface area (Å²) in [5.74, 6) is 1.25. The molecule has 26 heavy (non-hydrogen) atoms. The van der Waals surface area contributed by atoms with Gasteiger partial charge >= 0.3 is 0 Å². The Morgan fingerprint density at radius 3 is 2.85 bits per heavy atom. The first kappa shape index (κ1) is 18.6. The van der Waals surface area contributed by atoms with Crippen LogP contribution in [0.15, 0.2) is 36.7 Å². The first-order valence-electron chi connectivity index (χ1n) is 9.27. The third-order valence-electron chi connectivity index (χ3n) is 5.30. The summed E-state index contributed by atoms with van der Waals surface area (Å²) in [5, 5.41) is 6.43. The lowest BCUT2D eigenvalue weighted by Gasteiger charge is -2.28. The Morgan fingerprint density at radius 2 is 2.19 bits per heavy atom. The lowest BCUT2D eigenvalue weighted by Crippen LogP contribution is -2.35. The number of rotatable bonds is 6. The van der Waals surface area contributed by atoms with E-state index in [4.69, 9.17) is 0 Å². The monoisotopic (exact) mass is 358 g/mol. The molecule has 3 rings (SSSR count). The minimum atomic E-state index is -0.460. The van der Waals surface area contributed by atoms with Crippen LogP contribution in [0.3, 0.4) is 0 Å². The largest absolute Gasteiger partial charge is 0.342 e. The third kappa shape index (κ3) is 4.49. The Balaban J connectivity index is 1.73. The summed E-state index contributed by atoms with van der Waals surface area (Å²) >= 11 is 0. The number of hydrogen-bond donors (Lipinski definition) is 2. The van der Waals surface area contributed by atoms with Crippen molar-refractivity contribution in [3.8, 4) is 0 Å². The summed E-state index contributed by atoms with van der Waals surface area (Å²) in [6.07, 6.45) is 6.21. The van der Waals surface area contributed by atoms with Crippen LogP contribution in [0.5, 0.6) is 0 Å². The van der Waals surface area contributed by atoms with Crippen molar-refractivity contribution >= 4 is 5.91 Å². The van der Waals surface area contributed by atoms with Crippen molar-refractivity contribution in [2.75, 3.05) is 13.1 Å². The number of benzene rings is 1. The van der Waals surface area contributed by atoms with E-state index in [2.05, 4.69) is 22.5 Å². The van der Waals surface area contributed by atoms with Gasteiger partial charge in [-0.25, -0.2) is 9.37 Å². The molecule has 2 unspecified atom stereocenters. The highest BCUT2D eigenvalue weighted by Crippen LogP contribution is 2.26. The van der Waals surface area contributed by atoms with Gasteiger partial charge in [0.2, 0.25) is 5.91 Å². The number of nitrogens with one attached hydrogen (secondary N) is 2. The van der Waals surface area contributed by atoms with Crippen LogP contribution >= 0.6 is 0 Å². The van der Waals surface area contributed by atoms with Gasteiger partial charge < -0.3 is 15.2 Å². The zero-order chi connectivity index (χ0) is 18.5. The average molecular weight is 358 g/mol. The zero-order valence-electron chi connectivity index (χ0n) is 15.4. The average Bonchev–Trinajstić information content (AvgIpc) is 3.06. The lowest BCUT2D eigenvalue weighted by molar-refractivity contribution is -0.122. The van der Waals surface area contributed by atoms with Gasteiger partial charge in [-0.05, 0) is 55.5 Å². The molecule has 1 saturated heterocycles. The standard InChI is InChI=1S/C20H27FN4O/c1-14(15-6-8-22-9-7-15)12-18(26)24-19(20-23-10-11-25(20)2)16-4-3-5-17(21)13-16/h3-5,10-11,13-15,19,22H,6-9,12H2,1-2H3,(H,24,26). The number of nitrogens with zero attached hydrogens (tertiary/aromatic N) is 2. The fourth-order valence-electron chi connectivity index (χ4n) is 3.73. The van der Waals surface area contributed by atoms with Crippen LogP contribution in [0.2, 0.25) is 0 Å². The molecule has 2 aromatic rings. The molecule has 2 N–H and O–H groups in total. The number of aromatic nitrogens is 2. The molecule has 1 aliphatic heterocycles. The van der Waals surface area contributed by atoms with Gasteiger partial charge in [-0.1, -0.05) is 19.1 Å². The molecule has 1 amide bonds. The van der Waals surface area contributed by atoms with Crippen molar-refractivity contribution in [3.63, 3.8) is 0 Å². The predicted octanol–water partition coefficient (Wildman–Crippen LogP) is 2.79. The molecule has 0 spiro atoms. The molecule has 6 heteroatoms. The maximum atomic E-state index is 13.7. The molecule has 0 saturated carbocycles. The van der Waals surface area contributed by atoms with E-state index >= 15 is 0 Å². The van der Waals surface area contributed by atoms with Crippen LogP contribution < -0.4 is 10.6 Å². The number of aryl methyl sites for hydroxylation is 1. The molecule has 2 atom stereocenters. The molecule has 2 heterocycles. The normalized spacial score (nSPS) is 17.7. The lowest BCUT2D eigenvalue weighted by atomic mass is 9.84. The minimum Gasteiger partial charge on any atom is -0.342 e. The van der Waals surface area contributed by atoms with E-state index in [0.717, 1.165) is 25.9 Å². The first-order chi connectivity index (χ1) is 12.5. The van der Waals surface area contributed by atoms with E-state index in [9.17, 15) is 9.18 Å². The van der Waals surface area contributed by atoms with Gasteiger partial charge in [0.25, 0.3) is 0 Å². The summed E-state index contributed by atoms with van der Waals surface area (Å²) in [6.45, 7) is 4.19. The van der Waals surface area contributed by atoms with Gasteiger partial charge in [0.15, 0.2) is 0 Å². The van der Waals surface area contributed by atoms with Crippen molar-refractivity contribution in [2.45, 2.75) is 32.2 Å². The fraction of sp³-hybridized carbons (Fsp3) is 0.500. The van der Waals surface area contributed by atoms with Gasteiger partial charge in [0.05, 0.1) is 0 Å². The van der Waals surface area contributed by atoms with E-state index in [1.54, 1.807) is 12.3 Å². The van der Waals surface area contributed by atoms with E-state index in [0.29, 0.717) is 29.6 Å². The van der Waals surface area contributed by atoms with Crippen LogP contribution in [0.4, 0.5) is 4.39 Å². The number of hydrogen-bond acceptors (Lipinski definition) is 3. The summed E-state index contributed by atoms with van der Waals surface area (Å²) in [4.78, 5) is 17.1. The van der Waals surface area contributed by atoms with Crippen molar-refractivity contribution in [3.05, 3.63) is 53.9 Å². The zero-order valence-corrected chi connectivity index (χ0v) is 15.4. The number of carbonyl (C=O) groups excluding carboxylic acids is 1. The Hall–Kier alpha value is -2.21. The first-order valence-corrected chi connectivity index (χ1v) is 9.27. The predicted molar refractivity (Wildman–Crippen MR) is 99.0 cm³/mol. The summed E-state index contributed by atoms with van der Waals surface area (Å²) in [6, 6.07) is 5.87. The molecule has 140 valence electrons. The summed E-state index contributed by atoms with van der Waals surface area (Å²) < 4.78 is 15.6. The quantitative estimate of drug-likeness (QED) is 0.835. The van der Waals surface area contributed by atoms with Crippen molar-refractivity contribution in [2.24, 2.45) is 18.9 Å². The molecule has 0 radical (unpaired) electrons. The van der Waals surface area contributed by atoms with Crippen LogP contribution in [-0.4, -0.2) is 28.5 Å². The topological polar surface area (TPSA) is 59.0 Å². The maximum absolute atomic E-state index is 13.7. The molecule has 0 bridgehead atoms. The molecule has 1 fully saturated rings. The molecule has 1 aromatic heterocycles. The minimum absolute atomic E-state index is 0.0201. The van der Waals surface area contributed by atoms with Crippen LogP contribution in [0, 0.1) is 17.7 Å². The van der Waals surface area contributed by atoms with E-state index in [1.165, 1.54) is 12.1 Å².